The standard InChI is InChI=1S/C36H54N2O2.C2HF3O2.Co/c1-33(2,3)25-17-23(31(39)27(19-25)35(7,8)9)21-37-29-15-13-14-16-30(29)38-22-24-18-26(34(4,5)6)20-28(32(24)40)36(10,11)12;3-2(4,5)1(6)7;/h17-22,29-30,39-40H,13-16H2,1-12H3;(H,6,7);/q;;+3/p-3/t29-,30-;;/m1../s1. The van der Waals surface area contributed by atoms with E-state index in [2.05, 4.69) is 95.2 Å². The third kappa shape index (κ3) is 11.9. The molecule has 6 nitrogen and oxygen atoms in total. The molecule has 0 unspecified atom stereocenters. The molecule has 2 aromatic rings. The van der Waals surface area contributed by atoms with Crippen LogP contribution in [0.25, 0.3) is 0 Å². The molecule has 2 atom stereocenters. The van der Waals surface area contributed by atoms with Gasteiger partial charge in [0, 0.05) is 12.4 Å². The molecule has 0 saturated heterocycles. The van der Waals surface area contributed by atoms with Crippen LogP contribution in [0.1, 0.15) is 142 Å². The van der Waals surface area contributed by atoms with Crippen LogP contribution in [0.4, 0.5) is 13.2 Å². The van der Waals surface area contributed by atoms with E-state index >= 15 is 0 Å². The second-order valence-electron chi connectivity index (χ2n) is 16.6. The number of carbonyl (C=O) groups excluding carboxylic acids is 1. The zero-order valence-corrected chi connectivity index (χ0v) is 31.5. The molecule has 0 bridgehead atoms. The van der Waals surface area contributed by atoms with Gasteiger partial charge in [0.15, 0.2) is 0 Å². The minimum absolute atomic E-state index is 0. The van der Waals surface area contributed by atoms with Crippen LogP contribution in [0.5, 0.6) is 11.5 Å². The van der Waals surface area contributed by atoms with Crippen molar-refractivity contribution in [3.63, 3.8) is 0 Å². The number of alkyl halides is 3. The van der Waals surface area contributed by atoms with E-state index < -0.39 is 12.1 Å². The molecule has 10 heteroatoms. The number of benzene rings is 2. The maximum absolute atomic E-state index is 13.5. The summed E-state index contributed by atoms with van der Waals surface area (Å²) < 4.78 is 31.5. The largest absolute Gasteiger partial charge is 3.00 e. The van der Waals surface area contributed by atoms with Crippen molar-refractivity contribution in [2.75, 3.05) is 0 Å². The molecule has 2 aromatic carbocycles. The zero-order chi connectivity index (χ0) is 36.3. The second-order valence-corrected chi connectivity index (χ2v) is 16.6. The maximum atomic E-state index is 13.5. The smallest absolute Gasteiger partial charge is 0.872 e. The van der Waals surface area contributed by atoms with Crippen LogP contribution < -0.4 is 15.3 Å². The number of aliphatic imine (C=N–C) groups is 2. The minimum atomic E-state index is -5.19. The van der Waals surface area contributed by atoms with Gasteiger partial charge in [-0.25, -0.2) is 0 Å². The van der Waals surface area contributed by atoms with Crippen molar-refractivity contribution in [3.8, 4) is 11.5 Å². The van der Waals surface area contributed by atoms with E-state index in [0.717, 1.165) is 47.9 Å². The average Bonchev–Trinajstić information content (AvgIpc) is 2.89. The fraction of sp³-hybridized carbons (Fsp3) is 0.605. The summed E-state index contributed by atoms with van der Waals surface area (Å²) >= 11 is 0. The summed E-state index contributed by atoms with van der Waals surface area (Å²) in [6.07, 6.45) is 2.43. The van der Waals surface area contributed by atoms with Gasteiger partial charge >= 0.3 is 23.0 Å². The number of hydrogen-bond acceptors (Lipinski definition) is 6. The molecule has 1 fully saturated rings. The number of rotatable bonds is 4. The van der Waals surface area contributed by atoms with Crippen molar-refractivity contribution in [1.29, 1.82) is 0 Å². The summed E-state index contributed by atoms with van der Waals surface area (Å²) in [6, 6.07) is 8.15. The van der Waals surface area contributed by atoms with Gasteiger partial charge in [0.25, 0.3) is 0 Å². The molecule has 1 aliphatic carbocycles. The van der Waals surface area contributed by atoms with Crippen molar-refractivity contribution in [2.24, 2.45) is 9.98 Å². The average molecular weight is 717 g/mol. The molecule has 0 spiro atoms. The van der Waals surface area contributed by atoms with E-state index in [-0.39, 0.29) is 62.0 Å². The van der Waals surface area contributed by atoms with Crippen LogP contribution in [0, 0.1) is 0 Å². The Bertz CT molecular complexity index is 1370. The second kappa shape index (κ2) is 15.8. The molecule has 0 amide bonds. The first-order chi connectivity index (χ1) is 21.1. The van der Waals surface area contributed by atoms with E-state index in [9.17, 15) is 23.4 Å². The summed E-state index contributed by atoms with van der Waals surface area (Å²) in [5, 5.41) is 35.7. The number of aliphatic carboxylic acids is 1. The number of halogens is 3. The van der Waals surface area contributed by atoms with E-state index in [1.807, 2.05) is 12.1 Å². The van der Waals surface area contributed by atoms with Gasteiger partial charge in [-0.3, -0.25) is 9.98 Å². The zero-order valence-electron chi connectivity index (χ0n) is 30.4. The Labute approximate surface area is 295 Å². The Hall–Kier alpha value is -2.85. The first kappa shape index (κ1) is 43.2. The Morgan fingerprint density at radius 1 is 0.646 bits per heavy atom. The Morgan fingerprint density at radius 2 is 0.938 bits per heavy atom. The van der Waals surface area contributed by atoms with Crippen LogP contribution >= 0.6 is 0 Å². The summed E-state index contributed by atoms with van der Waals surface area (Å²) in [7, 11) is 0. The van der Waals surface area contributed by atoms with E-state index in [1.165, 1.54) is 0 Å². The number of carboxylic acid groups (broad SMARTS) is 1. The Morgan fingerprint density at radius 3 is 1.17 bits per heavy atom. The third-order valence-electron chi connectivity index (χ3n) is 8.32. The van der Waals surface area contributed by atoms with Gasteiger partial charge in [-0.05, 0) is 67.9 Å². The number of carbonyl (C=O) groups is 1. The van der Waals surface area contributed by atoms with Crippen molar-refractivity contribution in [1.82, 2.24) is 0 Å². The van der Waals surface area contributed by atoms with Gasteiger partial charge in [0.2, 0.25) is 0 Å². The van der Waals surface area contributed by atoms with Gasteiger partial charge in [-0.1, -0.05) is 132 Å². The molecular weight excluding hydrogens is 664 g/mol. The van der Waals surface area contributed by atoms with E-state index in [0.29, 0.717) is 11.1 Å². The number of nitrogens with zero attached hydrogens (tertiary/aromatic N) is 2. The minimum Gasteiger partial charge on any atom is -0.872 e. The molecule has 0 aliphatic heterocycles. The van der Waals surface area contributed by atoms with E-state index in [4.69, 9.17) is 19.9 Å². The molecule has 268 valence electrons. The Balaban J connectivity index is 0.00000130. The molecule has 0 heterocycles. The van der Waals surface area contributed by atoms with Crippen molar-refractivity contribution in [3.05, 3.63) is 57.6 Å². The van der Waals surface area contributed by atoms with Gasteiger partial charge in [0.1, 0.15) is 5.97 Å². The molecule has 0 aromatic heterocycles. The molecule has 1 saturated carbocycles. The summed E-state index contributed by atoms with van der Waals surface area (Å²) in [5.41, 5.74) is 4.62. The van der Waals surface area contributed by atoms with Crippen LogP contribution in [0.15, 0.2) is 34.3 Å². The summed E-state index contributed by atoms with van der Waals surface area (Å²) in [6.45, 7) is 25.6. The monoisotopic (exact) mass is 716 g/mol. The van der Waals surface area contributed by atoms with Crippen LogP contribution in [-0.2, 0) is 43.2 Å². The maximum Gasteiger partial charge on any atom is 3.00 e. The topological polar surface area (TPSA) is 111 Å². The van der Waals surface area contributed by atoms with Gasteiger partial charge < -0.3 is 20.1 Å². The quantitative estimate of drug-likeness (QED) is 0.313. The van der Waals surface area contributed by atoms with Crippen molar-refractivity contribution < 1.29 is 50.1 Å². The molecule has 0 radical (unpaired) electrons. The molecule has 48 heavy (non-hydrogen) atoms. The normalized spacial score (nSPS) is 18.0. The predicted octanol–water partition coefficient (Wildman–Crippen LogP) is 7.17. The molecule has 1 aliphatic rings. The van der Waals surface area contributed by atoms with Crippen molar-refractivity contribution >= 4 is 18.4 Å². The number of hydrogen-bond donors (Lipinski definition) is 0. The first-order valence-electron chi connectivity index (χ1n) is 16.2. The fourth-order valence-electron chi connectivity index (χ4n) is 5.27. The molecular formula is C38H52CoF3N2O4. The van der Waals surface area contributed by atoms with Gasteiger partial charge in [-0.15, -0.1) is 0 Å². The fourth-order valence-corrected chi connectivity index (χ4v) is 5.27. The third-order valence-corrected chi connectivity index (χ3v) is 8.32. The first-order valence-corrected chi connectivity index (χ1v) is 16.2. The molecule has 3 rings (SSSR count). The van der Waals surface area contributed by atoms with Gasteiger partial charge in [0.05, 0.1) is 12.1 Å². The van der Waals surface area contributed by atoms with Crippen LogP contribution in [0.2, 0.25) is 0 Å². The summed E-state index contributed by atoms with van der Waals surface area (Å²) in [5.74, 6) is -2.89. The van der Waals surface area contributed by atoms with Crippen LogP contribution in [0.3, 0.4) is 0 Å². The summed E-state index contributed by atoms with van der Waals surface area (Å²) in [4.78, 5) is 18.7. The SMILES string of the molecule is CC(C)(C)c1cc(C=N[C@@H]2CCCC[C@H]2N=Cc2cc(C(C)(C)C)cc(C(C)(C)C)c2[O-])c([O-])c(C(C)(C)C)c1.O=C([O-])C(F)(F)F.[Co+3]. The predicted molar refractivity (Wildman–Crippen MR) is 179 cm³/mol. The van der Waals surface area contributed by atoms with Gasteiger partial charge in [-0.2, -0.15) is 13.2 Å². The van der Waals surface area contributed by atoms with Crippen LogP contribution in [-0.4, -0.2) is 36.7 Å². The molecule has 0 N–H and O–H groups in total. The van der Waals surface area contributed by atoms with E-state index in [1.54, 1.807) is 12.4 Å². The Kier molecular flexibility index (Phi) is 14.2. The van der Waals surface area contributed by atoms with Crippen molar-refractivity contribution in [2.45, 2.75) is 149 Å². The number of carboxylic acids is 1.